The molecule has 0 radical (unpaired) electrons. The van der Waals surface area contributed by atoms with Gasteiger partial charge in [-0.05, 0) is 19.1 Å². The molecule has 2 heterocycles. The Balaban J connectivity index is 2.01. The van der Waals surface area contributed by atoms with Crippen LogP contribution in [0.5, 0.6) is 5.75 Å². The number of carbonyl (C=O) groups excluding carboxylic acids is 1. The lowest BCUT2D eigenvalue weighted by molar-refractivity contribution is 0.0942. The van der Waals surface area contributed by atoms with Crippen molar-refractivity contribution in [3.63, 3.8) is 0 Å². The van der Waals surface area contributed by atoms with E-state index in [4.69, 9.17) is 9.52 Å². The van der Waals surface area contributed by atoms with Gasteiger partial charge in [-0.1, -0.05) is 13.8 Å². The molecule has 0 atom stereocenters. The van der Waals surface area contributed by atoms with Crippen molar-refractivity contribution in [2.24, 2.45) is 0 Å². The molecule has 0 bridgehead atoms. The van der Waals surface area contributed by atoms with Gasteiger partial charge in [0.05, 0.1) is 18.4 Å². The lowest BCUT2D eigenvalue weighted by Crippen LogP contribution is -2.23. The SMILES string of the molecule is Cc1nc(C(C)C)oc1CNC(=O)c1ccc(O)cn1. The lowest BCUT2D eigenvalue weighted by atomic mass is 10.2. The first kappa shape index (κ1) is 14.0. The highest BCUT2D eigenvalue weighted by Gasteiger charge is 2.14. The number of aryl methyl sites for hydroxylation is 1. The van der Waals surface area contributed by atoms with E-state index in [1.807, 2.05) is 20.8 Å². The minimum Gasteiger partial charge on any atom is -0.506 e. The Hall–Kier alpha value is -2.37. The molecule has 1 amide bonds. The van der Waals surface area contributed by atoms with Gasteiger partial charge in [-0.25, -0.2) is 9.97 Å². The molecule has 6 nitrogen and oxygen atoms in total. The Kier molecular flexibility index (Phi) is 4.02. The zero-order valence-electron chi connectivity index (χ0n) is 11.7. The monoisotopic (exact) mass is 275 g/mol. The number of pyridine rings is 1. The van der Waals surface area contributed by atoms with E-state index in [0.717, 1.165) is 5.69 Å². The molecule has 0 saturated heterocycles. The molecule has 0 aromatic carbocycles. The van der Waals surface area contributed by atoms with Gasteiger partial charge in [0.1, 0.15) is 17.2 Å². The maximum Gasteiger partial charge on any atom is 0.270 e. The number of hydrogen-bond acceptors (Lipinski definition) is 5. The molecule has 6 heteroatoms. The summed E-state index contributed by atoms with van der Waals surface area (Å²) >= 11 is 0. The summed E-state index contributed by atoms with van der Waals surface area (Å²) < 4.78 is 5.60. The normalized spacial score (nSPS) is 10.8. The minimum atomic E-state index is -0.327. The topological polar surface area (TPSA) is 88.2 Å². The quantitative estimate of drug-likeness (QED) is 0.892. The second kappa shape index (κ2) is 5.73. The second-order valence-electron chi connectivity index (χ2n) is 4.80. The van der Waals surface area contributed by atoms with Crippen molar-refractivity contribution in [1.82, 2.24) is 15.3 Å². The number of hydrogen-bond donors (Lipinski definition) is 2. The van der Waals surface area contributed by atoms with Crippen LogP contribution in [-0.2, 0) is 6.54 Å². The molecule has 2 N–H and O–H groups in total. The van der Waals surface area contributed by atoms with Crippen molar-refractivity contribution in [1.29, 1.82) is 0 Å². The third-order valence-electron chi connectivity index (χ3n) is 2.79. The van der Waals surface area contributed by atoms with Gasteiger partial charge in [0, 0.05) is 5.92 Å². The summed E-state index contributed by atoms with van der Waals surface area (Å²) in [5.41, 5.74) is 1.01. The summed E-state index contributed by atoms with van der Waals surface area (Å²) in [5, 5.41) is 11.8. The number of carbonyl (C=O) groups is 1. The predicted molar refractivity (Wildman–Crippen MR) is 72.4 cm³/mol. The second-order valence-corrected chi connectivity index (χ2v) is 4.80. The third kappa shape index (κ3) is 3.14. The van der Waals surface area contributed by atoms with Crippen molar-refractivity contribution in [3.8, 4) is 5.75 Å². The molecular weight excluding hydrogens is 258 g/mol. The first-order valence-corrected chi connectivity index (χ1v) is 6.36. The first-order valence-electron chi connectivity index (χ1n) is 6.36. The Morgan fingerprint density at radius 1 is 1.45 bits per heavy atom. The van der Waals surface area contributed by atoms with Crippen LogP contribution in [0.3, 0.4) is 0 Å². The van der Waals surface area contributed by atoms with Crippen molar-refractivity contribution in [2.75, 3.05) is 0 Å². The highest BCUT2D eigenvalue weighted by atomic mass is 16.4. The Morgan fingerprint density at radius 2 is 2.20 bits per heavy atom. The van der Waals surface area contributed by atoms with Crippen LogP contribution < -0.4 is 5.32 Å². The van der Waals surface area contributed by atoms with Gasteiger partial charge < -0.3 is 14.8 Å². The summed E-state index contributed by atoms with van der Waals surface area (Å²) in [4.78, 5) is 20.0. The number of amides is 1. The summed E-state index contributed by atoms with van der Waals surface area (Å²) in [6.07, 6.45) is 1.23. The summed E-state index contributed by atoms with van der Waals surface area (Å²) in [5.74, 6) is 1.20. The lowest BCUT2D eigenvalue weighted by Gasteiger charge is -2.03. The summed E-state index contributed by atoms with van der Waals surface area (Å²) in [7, 11) is 0. The van der Waals surface area contributed by atoms with Crippen LogP contribution in [0.1, 0.15) is 47.6 Å². The van der Waals surface area contributed by atoms with E-state index in [1.165, 1.54) is 18.3 Å². The van der Waals surface area contributed by atoms with Gasteiger partial charge in [0.15, 0.2) is 5.89 Å². The molecule has 0 aliphatic heterocycles. The molecule has 20 heavy (non-hydrogen) atoms. The van der Waals surface area contributed by atoms with Gasteiger partial charge in [-0.15, -0.1) is 0 Å². The van der Waals surface area contributed by atoms with Crippen LogP contribution in [0.15, 0.2) is 22.7 Å². The molecule has 2 aromatic heterocycles. The van der Waals surface area contributed by atoms with E-state index in [-0.39, 0.29) is 29.8 Å². The van der Waals surface area contributed by atoms with Crippen LogP contribution in [0.4, 0.5) is 0 Å². The molecule has 0 aliphatic carbocycles. The van der Waals surface area contributed by atoms with Crippen molar-refractivity contribution in [3.05, 3.63) is 41.4 Å². The molecule has 2 rings (SSSR count). The average Bonchev–Trinajstić information content (AvgIpc) is 2.78. The highest BCUT2D eigenvalue weighted by Crippen LogP contribution is 2.17. The number of aromatic hydroxyl groups is 1. The smallest absolute Gasteiger partial charge is 0.270 e. The number of aromatic nitrogens is 2. The standard InChI is InChI=1S/C14H17N3O3/c1-8(2)14-17-9(3)12(20-14)7-16-13(19)11-5-4-10(18)6-15-11/h4-6,8,18H,7H2,1-3H3,(H,16,19). The molecule has 0 fully saturated rings. The van der Waals surface area contributed by atoms with Crippen LogP contribution in [0, 0.1) is 6.92 Å². The summed E-state index contributed by atoms with van der Waals surface area (Å²) in [6, 6.07) is 2.87. The fourth-order valence-electron chi connectivity index (χ4n) is 1.63. The number of nitrogens with zero attached hydrogens (tertiary/aromatic N) is 2. The van der Waals surface area contributed by atoms with E-state index < -0.39 is 0 Å². The van der Waals surface area contributed by atoms with E-state index in [1.54, 1.807) is 0 Å². The van der Waals surface area contributed by atoms with Crippen LogP contribution >= 0.6 is 0 Å². The number of nitrogens with one attached hydrogen (secondary N) is 1. The van der Waals surface area contributed by atoms with Crippen LogP contribution in [0.2, 0.25) is 0 Å². The molecule has 0 spiro atoms. The van der Waals surface area contributed by atoms with Gasteiger partial charge >= 0.3 is 0 Å². The van der Waals surface area contributed by atoms with Crippen LogP contribution in [-0.4, -0.2) is 21.0 Å². The van der Waals surface area contributed by atoms with Crippen molar-refractivity contribution in [2.45, 2.75) is 33.2 Å². The maximum absolute atomic E-state index is 11.9. The average molecular weight is 275 g/mol. The Bertz CT molecular complexity index is 603. The predicted octanol–water partition coefficient (Wildman–Crippen LogP) is 2.14. The maximum atomic E-state index is 11.9. The fourth-order valence-corrected chi connectivity index (χ4v) is 1.63. The van der Waals surface area contributed by atoms with Gasteiger partial charge in [-0.3, -0.25) is 4.79 Å². The summed E-state index contributed by atoms with van der Waals surface area (Å²) in [6.45, 7) is 6.09. The zero-order chi connectivity index (χ0) is 14.7. The molecule has 0 aliphatic rings. The molecule has 0 unspecified atom stereocenters. The number of oxazole rings is 1. The van der Waals surface area contributed by atoms with Crippen LogP contribution in [0.25, 0.3) is 0 Å². The fraction of sp³-hybridized carbons (Fsp3) is 0.357. The largest absolute Gasteiger partial charge is 0.506 e. The van der Waals surface area contributed by atoms with Crippen molar-refractivity contribution < 1.29 is 14.3 Å². The molecule has 106 valence electrons. The van der Waals surface area contributed by atoms with Gasteiger partial charge in [0.25, 0.3) is 5.91 Å². The Morgan fingerprint density at radius 3 is 2.75 bits per heavy atom. The van der Waals surface area contributed by atoms with E-state index in [0.29, 0.717) is 11.7 Å². The molecule has 0 saturated carbocycles. The third-order valence-corrected chi connectivity index (χ3v) is 2.79. The molecular formula is C14H17N3O3. The highest BCUT2D eigenvalue weighted by molar-refractivity contribution is 5.92. The van der Waals surface area contributed by atoms with E-state index in [9.17, 15) is 4.79 Å². The Labute approximate surface area is 116 Å². The zero-order valence-corrected chi connectivity index (χ0v) is 11.7. The molecule has 2 aromatic rings. The first-order chi connectivity index (χ1) is 9.47. The van der Waals surface area contributed by atoms with Gasteiger partial charge in [0.2, 0.25) is 0 Å². The van der Waals surface area contributed by atoms with E-state index in [2.05, 4.69) is 15.3 Å². The van der Waals surface area contributed by atoms with Gasteiger partial charge in [-0.2, -0.15) is 0 Å². The number of rotatable bonds is 4. The van der Waals surface area contributed by atoms with Crippen molar-refractivity contribution >= 4 is 5.91 Å². The minimum absolute atomic E-state index is 0.0224. The van der Waals surface area contributed by atoms with E-state index >= 15 is 0 Å².